The molecule has 0 unspecified atom stereocenters. The van der Waals surface area contributed by atoms with E-state index in [0.29, 0.717) is 20.0 Å². The van der Waals surface area contributed by atoms with Crippen molar-refractivity contribution < 1.29 is 9.59 Å². The lowest BCUT2D eigenvalue weighted by molar-refractivity contribution is 0.101. The molecule has 0 aromatic heterocycles. The first-order valence-electron chi connectivity index (χ1n) is 4.72. The highest BCUT2D eigenvalue weighted by molar-refractivity contribution is 9.10. The van der Waals surface area contributed by atoms with E-state index >= 15 is 0 Å². The van der Waals surface area contributed by atoms with Crippen LogP contribution in [0, 0.1) is 0 Å². The van der Waals surface area contributed by atoms with Gasteiger partial charge in [-0.1, -0.05) is 11.6 Å². The number of benzene rings is 1. The van der Waals surface area contributed by atoms with Crippen molar-refractivity contribution in [1.82, 2.24) is 4.90 Å². The van der Waals surface area contributed by atoms with Crippen LogP contribution in [0.4, 0.5) is 4.79 Å². The number of halogens is 2. The molecule has 0 atom stereocenters. The Balaban J connectivity index is 3.22. The Kier molecular flexibility index (Phi) is 5.04. The number of ketones is 1. The summed E-state index contributed by atoms with van der Waals surface area (Å²) in [5.74, 6) is -0.123. The number of amides is 1. The molecule has 0 aliphatic heterocycles. The number of Topliss-reactive ketones (excluding diaryl/α,β-unsaturated/α-hetero) is 1. The fraction of sp³-hybridized carbons (Fsp3) is 0.273. The van der Waals surface area contributed by atoms with E-state index in [0.717, 1.165) is 11.8 Å². The molecule has 0 aliphatic rings. The Morgan fingerprint density at radius 2 is 1.94 bits per heavy atom. The van der Waals surface area contributed by atoms with Gasteiger partial charge in [-0.15, -0.1) is 0 Å². The summed E-state index contributed by atoms with van der Waals surface area (Å²) in [6.45, 7) is 1.45. The normalized spacial score (nSPS) is 10.2. The summed E-state index contributed by atoms with van der Waals surface area (Å²) in [7, 11) is 3.32. The number of hydrogen-bond acceptors (Lipinski definition) is 3. The molecule has 1 aromatic rings. The van der Waals surface area contributed by atoms with Crippen LogP contribution in [0.3, 0.4) is 0 Å². The smallest absolute Gasteiger partial charge is 0.285 e. The largest absolute Gasteiger partial charge is 0.339 e. The van der Waals surface area contributed by atoms with Gasteiger partial charge in [-0.25, -0.2) is 0 Å². The van der Waals surface area contributed by atoms with E-state index in [2.05, 4.69) is 15.9 Å². The molecule has 1 amide bonds. The highest BCUT2D eigenvalue weighted by atomic mass is 79.9. The Morgan fingerprint density at radius 1 is 1.35 bits per heavy atom. The zero-order valence-electron chi connectivity index (χ0n) is 9.58. The highest BCUT2D eigenvalue weighted by Gasteiger charge is 2.17. The molecule has 0 saturated carbocycles. The molecule has 0 fully saturated rings. The van der Waals surface area contributed by atoms with Crippen LogP contribution >= 0.6 is 39.3 Å². The molecule has 0 heterocycles. The average molecular weight is 337 g/mol. The van der Waals surface area contributed by atoms with Crippen LogP contribution in [0.25, 0.3) is 0 Å². The third-order valence-electron chi connectivity index (χ3n) is 1.94. The first kappa shape index (κ1) is 14.5. The molecule has 1 aromatic carbocycles. The molecule has 0 aliphatic carbocycles. The van der Waals surface area contributed by atoms with Gasteiger partial charge in [-0.05, 0) is 46.7 Å². The summed E-state index contributed by atoms with van der Waals surface area (Å²) in [5.41, 5.74) is 0.449. The van der Waals surface area contributed by atoms with Crippen molar-refractivity contribution in [1.29, 1.82) is 0 Å². The first-order chi connectivity index (χ1) is 7.82. The Bertz CT molecular complexity index is 477. The lowest BCUT2D eigenvalue weighted by atomic mass is 10.1. The van der Waals surface area contributed by atoms with Crippen molar-refractivity contribution >= 4 is 50.3 Å². The van der Waals surface area contributed by atoms with Gasteiger partial charge >= 0.3 is 0 Å². The summed E-state index contributed by atoms with van der Waals surface area (Å²) >= 11 is 10.2. The van der Waals surface area contributed by atoms with Gasteiger partial charge in [0.05, 0.1) is 0 Å². The van der Waals surface area contributed by atoms with E-state index in [1.54, 1.807) is 26.2 Å². The van der Waals surface area contributed by atoms with Crippen molar-refractivity contribution in [2.45, 2.75) is 11.8 Å². The fourth-order valence-corrected chi connectivity index (χ4v) is 2.98. The molecule has 0 saturated heterocycles. The lowest BCUT2D eigenvalue weighted by Crippen LogP contribution is -2.16. The minimum atomic E-state index is -0.143. The van der Waals surface area contributed by atoms with Crippen molar-refractivity contribution in [3.63, 3.8) is 0 Å². The van der Waals surface area contributed by atoms with Gasteiger partial charge < -0.3 is 4.90 Å². The second-order valence-corrected chi connectivity index (χ2v) is 5.84. The van der Waals surface area contributed by atoms with Crippen molar-refractivity contribution in [2.75, 3.05) is 14.1 Å². The Hall–Kier alpha value is -0.520. The number of carbonyl (C=O) groups is 2. The van der Waals surface area contributed by atoms with E-state index in [9.17, 15) is 9.59 Å². The minimum absolute atomic E-state index is 0.123. The molecular weight excluding hydrogens is 326 g/mol. The van der Waals surface area contributed by atoms with Crippen LogP contribution in [0.5, 0.6) is 0 Å². The molecule has 0 N–H and O–H groups in total. The highest BCUT2D eigenvalue weighted by Crippen LogP contribution is 2.35. The molecule has 1 rings (SSSR count). The van der Waals surface area contributed by atoms with E-state index in [4.69, 9.17) is 11.6 Å². The molecule has 0 radical (unpaired) electrons. The van der Waals surface area contributed by atoms with Gasteiger partial charge in [0.25, 0.3) is 5.24 Å². The monoisotopic (exact) mass is 335 g/mol. The van der Waals surface area contributed by atoms with Gasteiger partial charge in [0.2, 0.25) is 0 Å². The maximum atomic E-state index is 11.6. The van der Waals surface area contributed by atoms with Crippen LogP contribution in [0.15, 0.2) is 21.5 Å². The number of rotatable bonds is 2. The van der Waals surface area contributed by atoms with E-state index in [-0.39, 0.29) is 11.0 Å². The van der Waals surface area contributed by atoms with E-state index < -0.39 is 0 Å². The summed E-state index contributed by atoms with van der Waals surface area (Å²) in [5, 5.41) is 0.319. The van der Waals surface area contributed by atoms with Crippen LogP contribution < -0.4 is 0 Å². The Morgan fingerprint density at radius 3 is 2.41 bits per heavy atom. The Labute approximate surface area is 118 Å². The van der Waals surface area contributed by atoms with Crippen molar-refractivity contribution in [3.05, 3.63) is 27.2 Å². The van der Waals surface area contributed by atoms with Gasteiger partial charge in [0.15, 0.2) is 5.78 Å². The van der Waals surface area contributed by atoms with Crippen LogP contribution in [0.1, 0.15) is 17.3 Å². The second-order valence-electron chi connectivity index (χ2n) is 3.58. The molecule has 92 valence electrons. The summed E-state index contributed by atoms with van der Waals surface area (Å²) < 4.78 is 0.649. The van der Waals surface area contributed by atoms with Gasteiger partial charge in [-0.2, -0.15) is 0 Å². The molecule has 6 heteroatoms. The van der Waals surface area contributed by atoms with Gasteiger partial charge in [0.1, 0.15) is 0 Å². The van der Waals surface area contributed by atoms with E-state index in [1.165, 1.54) is 11.8 Å². The van der Waals surface area contributed by atoms with Crippen LogP contribution in [-0.4, -0.2) is 30.0 Å². The SMILES string of the molecule is CC(=O)c1cc(Cl)cc(Br)c1SC(=O)N(C)C. The maximum absolute atomic E-state index is 11.6. The average Bonchev–Trinajstić information content (AvgIpc) is 2.20. The van der Waals surface area contributed by atoms with Crippen molar-refractivity contribution in [3.8, 4) is 0 Å². The van der Waals surface area contributed by atoms with Gasteiger partial charge in [0, 0.05) is 34.0 Å². The number of hydrogen-bond donors (Lipinski definition) is 0. The third kappa shape index (κ3) is 3.72. The minimum Gasteiger partial charge on any atom is -0.339 e. The summed E-state index contributed by atoms with van der Waals surface area (Å²) in [6, 6.07) is 3.24. The molecule has 0 bridgehead atoms. The zero-order valence-corrected chi connectivity index (χ0v) is 12.7. The van der Waals surface area contributed by atoms with Crippen LogP contribution in [-0.2, 0) is 0 Å². The van der Waals surface area contributed by atoms with Gasteiger partial charge in [-0.3, -0.25) is 9.59 Å². The summed E-state index contributed by atoms with van der Waals surface area (Å²) in [6.07, 6.45) is 0. The number of nitrogens with zero attached hydrogens (tertiary/aromatic N) is 1. The third-order valence-corrected chi connectivity index (χ3v) is 4.23. The zero-order chi connectivity index (χ0) is 13.2. The second kappa shape index (κ2) is 5.89. The lowest BCUT2D eigenvalue weighted by Gasteiger charge is -2.13. The molecule has 17 heavy (non-hydrogen) atoms. The molecule has 0 spiro atoms. The quantitative estimate of drug-likeness (QED) is 0.603. The number of carbonyl (C=O) groups excluding carboxylic acids is 2. The summed E-state index contributed by atoms with van der Waals surface area (Å²) in [4.78, 5) is 25.2. The van der Waals surface area contributed by atoms with Crippen LogP contribution in [0.2, 0.25) is 5.02 Å². The number of thioether (sulfide) groups is 1. The van der Waals surface area contributed by atoms with Crippen molar-refractivity contribution in [2.24, 2.45) is 0 Å². The molecular formula is C11H11BrClNO2S. The standard InChI is InChI=1S/C11H11BrClNO2S/c1-6(15)8-4-7(13)5-9(12)10(8)17-11(16)14(2)3/h4-5H,1-3H3. The predicted octanol–water partition coefficient (Wildman–Crippen LogP) is 4.08. The first-order valence-corrected chi connectivity index (χ1v) is 6.70. The molecule has 3 nitrogen and oxygen atoms in total. The maximum Gasteiger partial charge on any atom is 0.285 e. The topological polar surface area (TPSA) is 37.4 Å². The van der Waals surface area contributed by atoms with E-state index in [1.807, 2.05) is 0 Å². The fourth-order valence-electron chi connectivity index (χ4n) is 1.10. The predicted molar refractivity (Wildman–Crippen MR) is 74.1 cm³/mol.